The largest absolute Gasteiger partial charge is 0.363 e. The van der Waals surface area contributed by atoms with Gasteiger partial charge in [-0.1, -0.05) is 36.4 Å². The number of hydrogen-bond acceptors (Lipinski definition) is 2. The molecule has 2 heterocycles. The fourth-order valence-corrected chi connectivity index (χ4v) is 4.93. The fourth-order valence-electron chi connectivity index (χ4n) is 3.56. The Morgan fingerprint density at radius 3 is 3.00 bits per heavy atom. The van der Waals surface area contributed by atoms with Gasteiger partial charge in [-0.15, -0.1) is 11.3 Å². The average molecular weight is 293 g/mol. The quantitative estimate of drug-likeness (QED) is 0.704. The van der Waals surface area contributed by atoms with Crippen molar-refractivity contribution in [2.45, 2.75) is 25.8 Å². The van der Waals surface area contributed by atoms with Gasteiger partial charge in [-0.2, -0.15) is 0 Å². The predicted octanol–water partition coefficient (Wildman–Crippen LogP) is 5.53. The van der Waals surface area contributed by atoms with Crippen molar-refractivity contribution >= 4 is 27.5 Å². The molecular formula is C19H19NS. The minimum Gasteiger partial charge on any atom is -0.363 e. The lowest BCUT2D eigenvalue weighted by Gasteiger charge is -2.45. The highest BCUT2D eigenvalue weighted by atomic mass is 32.1. The first kappa shape index (κ1) is 12.9. The first-order valence-corrected chi connectivity index (χ1v) is 8.39. The summed E-state index contributed by atoms with van der Waals surface area (Å²) in [6.07, 6.45) is 11.4. The third-order valence-corrected chi connectivity index (χ3v) is 5.77. The van der Waals surface area contributed by atoms with Crippen LogP contribution in [0.4, 0.5) is 0 Å². The van der Waals surface area contributed by atoms with Gasteiger partial charge in [-0.3, -0.25) is 0 Å². The van der Waals surface area contributed by atoms with Crippen molar-refractivity contribution < 1.29 is 0 Å². The van der Waals surface area contributed by atoms with Crippen molar-refractivity contribution in [3.63, 3.8) is 0 Å². The second kappa shape index (κ2) is 4.88. The van der Waals surface area contributed by atoms with E-state index in [1.807, 2.05) is 11.3 Å². The van der Waals surface area contributed by atoms with Crippen molar-refractivity contribution in [2.24, 2.45) is 0 Å². The summed E-state index contributed by atoms with van der Waals surface area (Å²) in [7, 11) is 2.23. The maximum Gasteiger partial charge on any atom is 0.0874 e. The minimum absolute atomic E-state index is 0.480. The Kier molecular flexibility index (Phi) is 3.00. The summed E-state index contributed by atoms with van der Waals surface area (Å²) in [5.41, 5.74) is 4.48. The molecule has 1 nitrogen and oxygen atoms in total. The molecule has 21 heavy (non-hydrogen) atoms. The Labute approximate surface area is 129 Å². The molecular weight excluding hydrogens is 274 g/mol. The Morgan fingerprint density at radius 2 is 2.14 bits per heavy atom. The van der Waals surface area contributed by atoms with Gasteiger partial charge in [-0.25, -0.2) is 0 Å². The molecule has 2 heteroatoms. The monoisotopic (exact) mass is 293 g/mol. The molecule has 1 aliphatic carbocycles. The first-order valence-electron chi connectivity index (χ1n) is 7.58. The van der Waals surface area contributed by atoms with Crippen LogP contribution >= 0.6 is 11.3 Å². The maximum atomic E-state index is 2.43. The topological polar surface area (TPSA) is 3.24 Å². The van der Waals surface area contributed by atoms with Crippen LogP contribution in [0.15, 0.2) is 53.8 Å². The Bertz CT molecular complexity index is 791. The van der Waals surface area contributed by atoms with Gasteiger partial charge in [0, 0.05) is 27.7 Å². The number of allylic oxidation sites excluding steroid dienone is 3. The van der Waals surface area contributed by atoms with Crippen molar-refractivity contribution in [3.05, 3.63) is 64.2 Å². The van der Waals surface area contributed by atoms with E-state index in [9.17, 15) is 0 Å². The van der Waals surface area contributed by atoms with Crippen LogP contribution in [0.1, 0.15) is 36.2 Å². The summed E-state index contributed by atoms with van der Waals surface area (Å²) >= 11 is 1.96. The number of thiophene rings is 1. The van der Waals surface area contributed by atoms with E-state index >= 15 is 0 Å². The summed E-state index contributed by atoms with van der Waals surface area (Å²) in [4.78, 5) is 3.94. The molecule has 4 rings (SSSR count). The van der Waals surface area contributed by atoms with E-state index in [-0.39, 0.29) is 0 Å². The number of benzene rings is 1. The Morgan fingerprint density at radius 1 is 1.29 bits per heavy atom. The predicted molar refractivity (Wildman–Crippen MR) is 92.4 cm³/mol. The normalized spacial score (nSPS) is 21.2. The van der Waals surface area contributed by atoms with E-state index in [1.54, 1.807) is 5.57 Å². The van der Waals surface area contributed by atoms with Crippen molar-refractivity contribution in [3.8, 4) is 0 Å². The molecule has 2 aromatic rings. The van der Waals surface area contributed by atoms with Crippen LogP contribution in [-0.2, 0) is 0 Å². The van der Waals surface area contributed by atoms with Gasteiger partial charge >= 0.3 is 0 Å². The highest BCUT2D eigenvalue weighted by Crippen LogP contribution is 2.50. The third kappa shape index (κ3) is 1.82. The van der Waals surface area contributed by atoms with Gasteiger partial charge < -0.3 is 4.90 Å². The number of rotatable bonds is 2. The number of hydrogen-bond donors (Lipinski definition) is 0. The lowest BCUT2D eigenvalue weighted by atomic mass is 9.84. The highest BCUT2D eigenvalue weighted by molar-refractivity contribution is 7.19. The van der Waals surface area contributed by atoms with Crippen LogP contribution in [0.2, 0.25) is 0 Å². The average Bonchev–Trinajstić information content (AvgIpc) is 2.86. The molecule has 0 saturated heterocycles. The first-order chi connectivity index (χ1) is 10.3. The summed E-state index contributed by atoms with van der Waals surface area (Å²) in [6.45, 7) is 2.11. The summed E-state index contributed by atoms with van der Waals surface area (Å²) in [5.74, 6) is 0. The van der Waals surface area contributed by atoms with Crippen LogP contribution in [0, 0.1) is 0 Å². The molecule has 1 unspecified atom stereocenters. The SMILES string of the molecule is C/C=C\c1c(C2C3=C(C=CCC3)N2C)sc2ccccc12. The molecule has 0 spiro atoms. The lowest BCUT2D eigenvalue weighted by molar-refractivity contribution is 0.282. The van der Waals surface area contributed by atoms with Gasteiger partial charge in [0.15, 0.2) is 0 Å². The lowest BCUT2D eigenvalue weighted by Crippen LogP contribution is -2.36. The molecule has 106 valence electrons. The summed E-state index contributed by atoms with van der Waals surface area (Å²) in [5, 5.41) is 1.39. The van der Waals surface area contributed by atoms with E-state index in [0.717, 1.165) is 0 Å². The smallest absolute Gasteiger partial charge is 0.0874 e. The van der Waals surface area contributed by atoms with Crippen LogP contribution in [0.5, 0.6) is 0 Å². The molecule has 1 aromatic heterocycles. The number of likely N-dealkylation sites (N-methyl/N-ethyl adjacent to an activating group) is 1. The molecule has 0 bridgehead atoms. The second-order valence-corrected chi connectivity index (χ2v) is 6.82. The molecule has 1 aliphatic heterocycles. The van der Waals surface area contributed by atoms with Crippen molar-refractivity contribution in [1.29, 1.82) is 0 Å². The second-order valence-electron chi connectivity index (χ2n) is 5.74. The van der Waals surface area contributed by atoms with Gasteiger partial charge in [0.2, 0.25) is 0 Å². The molecule has 1 aromatic carbocycles. The van der Waals surface area contributed by atoms with E-state index in [4.69, 9.17) is 0 Å². The van der Waals surface area contributed by atoms with Crippen LogP contribution in [-0.4, -0.2) is 11.9 Å². The molecule has 0 N–H and O–H groups in total. The minimum atomic E-state index is 0.480. The van der Waals surface area contributed by atoms with Gasteiger partial charge in [-0.05, 0) is 43.0 Å². The van der Waals surface area contributed by atoms with E-state index in [1.165, 1.54) is 39.1 Å². The number of nitrogens with zero attached hydrogens (tertiary/aromatic N) is 1. The summed E-state index contributed by atoms with van der Waals surface area (Å²) in [6, 6.07) is 9.25. The highest BCUT2D eigenvalue weighted by Gasteiger charge is 2.37. The van der Waals surface area contributed by atoms with Crippen LogP contribution < -0.4 is 0 Å². The summed E-state index contributed by atoms with van der Waals surface area (Å²) < 4.78 is 1.40. The van der Waals surface area contributed by atoms with Crippen LogP contribution in [0.3, 0.4) is 0 Å². The van der Waals surface area contributed by atoms with Crippen LogP contribution in [0.25, 0.3) is 16.2 Å². The zero-order chi connectivity index (χ0) is 14.4. The van der Waals surface area contributed by atoms with Crippen molar-refractivity contribution in [1.82, 2.24) is 4.90 Å². The number of fused-ring (bicyclic) bond motifs is 1. The zero-order valence-electron chi connectivity index (χ0n) is 12.5. The molecule has 0 amide bonds. The van der Waals surface area contributed by atoms with E-state index < -0.39 is 0 Å². The molecule has 0 fully saturated rings. The van der Waals surface area contributed by atoms with E-state index in [0.29, 0.717) is 6.04 Å². The Balaban J connectivity index is 1.89. The van der Waals surface area contributed by atoms with Crippen molar-refractivity contribution in [2.75, 3.05) is 7.05 Å². The standard InChI is InChI=1S/C19H19NS/c1-3-8-14-13-9-5-7-12-17(13)21-19(14)18-15-10-4-6-11-16(15)20(18)2/h3,5-9,11-12,18H,4,10H2,1-2H3/b8-3-. The molecule has 1 atom stereocenters. The van der Waals surface area contributed by atoms with Gasteiger partial charge in [0.1, 0.15) is 0 Å². The third-order valence-electron chi connectivity index (χ3n) is 4.53. The molecule has 2 aliphatic rings. The molecule has 0 radical (unpaired) electrons. The van der Waals surface area contributed by atoms with Gasteiger partial charge in [0.05, 0.1) is 6.04 Å². The zero-order valence-corrected chi connectivity index (χ0v) is 13.3. The Hall–Kier alpha value is -1.80. The molecule has 0 saturated carbocycles. The maximum absolute atomic E-state index is 2.43. The van der Waals surface area contributed by atoms with E-state index in [2.05, 4.69) is 67.4 Å². The fraction of sp³-hybridized carbons (Fsp3) is 0.263. The van der Waals surface area contributed by atoms with Gasteiger partial charge in [0.25, 0.3) is 0 Å².